The summed E-state index contributed by atoms with van der Waals surface area (Å²) in [4.78, 5) is 23.0. The zero-order valence-corrected chi connectivity index (χ0v) is 20.9. The predicted molar refractivity (Wildman–Crippen MR) is 79.2 cm³/mol. The van der Waals surface area contributed by atoms with Crippen molar-refractivity contribution in [3.63, 3.8) is 0 Å². The second kappa shape index (κ2) is 10.7. The molecule has 1 atom stereocenters. The number of nitrogens with zero attached hydrogens (tertiary/aromatic N) is 2. The molecule has 1 saturated heterocycles. The van der Waals surface area contributed by atoms with Gasteiger partial charge in [0.25, 0.3) is 0 Å². The van der Waals surface area contributed by atoms with Crippen molar-refractivity contribution in [3.8, 4) is 0 Å². The smallest absolute Gasteiger partial charge is 0.233 e. The standard InChI is InChI=1S/C13H11N3O2.C3H7.Ac.Re/c1-16-10-5-3-2-4-8(10)12(15-16)9-6-7-11(17)14-13(9)18;1-3-2;;/h3-4,9H,6-7H2,1H3,(H,14,17,18);3H,1-2H3;;/q-2;-1;;. The van der Waals surface area contributed by atoms with Crippen LogP contribution in [0.3, 0.4) is 0 Å². The van der Waals surface area contributed by atoms with E-state index in [1.807, 2.05) is 27.3 Å². The van der Waals surface area contributed by atoms with Crippen LogP contribution in [0.5, 0.6) is 0 Å². The van der Waals surface area contributed by atoms with E-state index in [1.54, 1.807) is 16.8 Å². The molecule has 2 heterocycles. The van der Waals surface area contributed by atoms with Crippen molar-refractivity contribution in [1.82, 2.24) is 15.1 Å². The van der Waals surface area contributed by atoms with Crippen LogP contribution in [0.25, 0.3) is 10.9 Å². The third kappa shape index (κ3) is 5.47. The van der Waals surface area contributed by atoms with Crippen molar-refractivity contribution < 1.29 is 74.1 Å². The van der Waals surface area contributed by atoms with E-state index in [-0.39, 0.29) is 82.2 Å². The number of nitrogens with one attached hydrogen (secondary N) is 1. The van der Waals surface area contributed by atoms with E-state index in [1.165, 1.54) is 0 Å². The number of imide groups is 1. The van der Waals surface area contributed by atoms with Gasteiger partial charge in [-0.25, -0.2) is 10.5 Å². The van der Waals surface area contributed by atoms with Crippen LogP contribution in [-0.2, 0) is 37.1 Å². The zero-order chi connectivity index (χ0) is 15.4. The van der Waals surface area contributed by atoms with E-state index in [4.69, 9.17) is 0 Å². The molecule has 3 rings (SSSR count). The van der Waals surface area contributed by atoms with Gasteiger partial charge in [0, 0.05) is 78.0 Å². The van der Waals surface area contributed by atoms with E-state index >= 15 is 0 Å². The molecule has 1 aliphatic heterocycles. The second-order valence-corrected chi connectivity index (χ2v) is 4.95. The number of carbonyl (C=O) groups excluding carboxylic acids is 2. The number of hydrogen-bond acceptors (Lipinski definition) is 3. The van der Waals surface area contributed by atoms with Crippen LogP contribution in [0.1, 0.15) is 38.3 Å². The average molecular weight is 698 g/mol. The van der Waals surface area contributed by atoms with E-state index in [0.717, 1.165) is 10.9 Å². The molecule has 0 aliphatic carbocycles. The fraction of sp³-hybridized carbons (Fsp3) is 0.375. The summed E-state index contributed by atoms with van der Waals surface area (Å²) in [5.41, 5.74) is 1.54. The van der Waals surface area contributed by atoms with Crippen molar-refractivity contribution in [2.45, 2.75) is 32.6 Å². The maximum absolute atomic E-state index is 11.9. The third-order valence-corrected chi connectivity index (χ3v) is 3.20. The molecule has 0 spiro atoms. The first-order chi connectivity index (χ1) is 10.1. The number of aromatic nitrogens is 2. The molecule has 0 saturated carbocycles. The summed E-state index contributed by atoms with van der Waals surface area (Å²) >= 11 is 0. The minimum atomic E-state index is -0.365. The van der Waals surface area contributed by atoms with E-state index in [9.17, 15) is 9.59 Å². The number of rotatable bonds is 1. The Bertz CT molecular complexity index is 672. The molecule has 1 fully saturated rings. The van der Waals surface area contributed by atoms with Gasteiger partial charge in [-0.05, 0) is 12.1 Å². The Kier molecular flexibility index (Phi) is 10.7. The van der Waals surface area contributed by atoms with Gasteiger partial charge in [-0.2, -0.15) is 19.4 Å². The molecule has 1 aromatic heterocycles. The molecule has 0 bridgehead atoms. The fourth-order valence-electron chi connectivity index (χ4n) is 2.32. The predicted octanol–water partition coefficient (Wildman–Crippen LogP) is 1.92. The maximum atomic E-state index is 11.9. The van der Waals surface area contributed by atoms with Gasteiger partial charge in [-0.15, -0.1) is 0 Å². The Morgan fingerprint density at radius 1 is 1.39 bits per heavy atom. The van der Waals surface area contributed by atoms with E-state index in [0.29, 0.717) is 18.5 Å². The summed E-state index contributed by atoms with van der Waals surface area (Å²) in [5.74, 6) is -0.847. The normalized spacial score (nSPS) is 16.6. The summed E-state index contributed by atoms with van der Waals surface area (Å²) in [6, 6.07) is 9.49. The van der Waals surface area contributed by atoms with Crippen LogP contribution in [0, 0.1) is 62.6 Å². The van der Waals surface area contributed by atoms with Crippen molar-refractivity contribution in [2.24, 2.45) is 7.05 Å². The summed E-state index contributed by atoms with van der Waals surface area (Å²) in [6.07, 6.45) is 2.86. The second-order valence-electron chi connectivity index (χ2n) is 4.95. The van der Waals surface area contributed by atoms with E-state index < -0.39 is 0 Å². The molecule has 2 amide bonds. The molecule has 23 heavy (non-hydrogen) atoms. The van der Waals surface area contributed by atoms with Gasteiger partial charge in [0.1, 0.15) is 0 Å². The quantitative estimate of drug-likeness (QED) is 0.367. The van der Waals surface area contributed by atoms with Gasteiger partial charge < -0.3 is 29.3 Å². The molecule has 5 nitrogen and oxygen atoms in total. The van der Waals surface area contributed by atoms with Crippen molar-refractivity contribution >= 4 is 22.7 Å². The molecule has 2 aromatic rings. The summed E-state index contributed by atoms with van der Waals surface area (Å²) in [7, 11) is 1.81. The molecule has 1 aliphatic rings. The summed E-state index contributed by atoms with van der Waals surface area (Å²) < 4.78 is 1.70. The third-order valence-electron chi connectivity index (χ3n) is 3.20. The van der Waals surface area contributed by atoms with Crippen LogP contribution >= 0.6 is 0 Å². The van der Waals surface area contributed by atoms with Gasteiger partial charge in [0.05, 0.1) is 5.92 Å². The number of hydrogen-bond donors (Lipinski definition) is 1. The molecular formula is C16H18AcN3O2Re-3. The zero-order valence-electron chi connectivity index (χ0n) is 13.4. The molecule has 2 radical (unpaired) electrons. The largest absolute Gasteiger partial charge is 0.358 e. The van der Waals surface area contributed by atoms with Gasteiger partial charge >= 0.3 is 0 Å². The average Bonchev–Trinajstić information content (AvgIpc) is 2.78. The molecule has 1 unspecified atom stereocenters. The minimum Gasteiger partial charge on any atom is -0.358 e. The fourth-order valence-corrected chi connectivity index (χ4v) is 2.32. The number of aryl methyl sites for hydroxylation is 1. The Hall–Kier alpha value is -0.0661. The topological polar surface area (TPSA) is 64.0 Å². The van der Waals surface area contributed by atoms with Gasteiger partial charge in [0.15, 0.2) is 0 Å². The van der Waals surface area contributed by atoms with Crippen LogP contribution in [-0.4, -0.2) is 21.6 Å². The first-order valence-corrected chi connectivity index (χ1v) is 6.90. The number of benzene rings is 1. The monoisotopic (exact) mass is 698 g/mol. The first kappa shape index (κ1) is 22.9. The van der Waals surface area contributed by atoms with Gasteiger partial charge in [-0.1, -0.05) is 0 Å². The summed E-state index contributed by atoms with van der Waals surface area (Å²) in [5, 5.41) is 7.61. The van der Waals surface area contributed by atoms with Gasteiger partial charge in [-0.3, -0.25) is 21.0 Å². The Balaban J connectivity index is 0.000000902. The SMILES string of the molecule is C[CH-]C.Cn1nc(C2CCC(=O)NC2=O)c2c[c-]c[c-]c21.[Ac].[Re]. The Labute approximate surface area is 186 Å². The number of fused-ring (bicyclic) bond motifs is 1. The summed E-state index contributed by atoms with van der Waals surface area (Å²) in [6.45, 7) is 4.00. The minimum absolute atomic E-state index is 0. The van der Waals surface area contributed by atoms with Crippen molar-refractivity contribution in [1.29, 1.82) is 0 Å². The molecule has 1 aromatic carbocycles. The molecule has 122 valence electrons. The van der Waals surface area contributed by atoms with Gasteiger partial charge in [0.2, 0.25) is 11.8 Å². The van der Waals surface area contributed by atoms with Crippen LogP contribution < -0.4 is 5.32 Å². The number of piperidine rings is 1. The Morgan fingerprint density at radius 3 is 2.65 bits per heavy atom. The van der Waals surface area contributed by atoms with Crippen LogP contribution in [0.4, 0.5) is 0 Å². The number of carbonyl (C=O) groups is 2. The van der Waals surface area contributed by atoms with Crippen molar-refractivity contribution in [3.05, 3.63) is 36.4 Å². The molecular weight excluding hydrogens is 679 g/mol. The Morgan fingerprint density at radius 2 is 2.04 bits per heavy atom. The van der Waals surface area contributed by atoms with Crippen LogP contribution in [0.2, 0.25) is 0 Å². The maximum Gasteiger partial charge on any atom is 0.233 e. The van der Waals surface area contributed by atoms with Crippen molar-refractivity contribution in [2.75, 3.05) is 0 Å². The number of amides is 2. The van der Waals surface area contributed by atoms with Crippen LogP contribution in [0.15, 0.2) is 12.1 Å². The molecule has 7 heteroatoms. The molecule has 1 N–H and O–H groups in total. The van der Waals surface area contributed by atoms with E-state index in [2.05, 4.69) is 22.5 Å². The first-order valence-electron chi connectivity index (χ1n) is 6.90.